The fourth-order valence-electron chi connectivity index (χ4n) is 2.13. The summed E-state index contributed by atoms with van der Waals surface area (Å²) in [5.41, 5.74) is 2.64. The van der Waals surface area contributed by atoms with E-state index in [0.29, 0.717) is 25.4 Å². The van der Waals surface area contributed by atoms with Gasteiger partial charge in [0.15, 0.2) is 0 Å². The van der Waals surface area contributed by atoms with Gasteiger partial charge in [0.25, 0.3) is 0 Å². The van der Waals surface area contributed by atoms with Gasteiger partial charge in [0.05, 0.1) is 25.2 Å². The number of carbonyl (C=O) groups is 2. The van der Waals surface area contributed by atoms with Crippen LogP contribution >= 0.6 is 0 Å². The van der Waals surface area contributed by atoms with Crippen LogP contribution in [0.2, 0.25) is 0 Å². The average Bonchev–Trinajstić information content (AvgIpc) is 3.00. The normalized spacial score (nSPS) is 10.4. The van der Waals surface area contributed by atoms with Crippen molar-refractivity contribution in [2.24, 2.45) is 0 Å². The van der Waals surface area contributed by atoms with Crippen molar-refractivity contribution in [3.63, 3.8) is 0 Å². The van der Waals surface area contributed by atoms with Gasteiger partial charge in [-0.05, 0) is 19.1 Å². The largest absolute Gasteiger partial charge is 0.383 e. The highest BCUT2D eigenvalue weighted by molar-refractivity contribution is 6.03. The van der Waals surface area contributed by atoms with Gasteiger partial charge < -0.3 is 19.9 Å². The third-order valence-corrected chi connectivity index (χ3v) is 3.46. The molecule has 2 amide bonds. The lowest BCUT2D eigenvalue weighted by molar-refractivity contribution is -0.126. The van der Waals surface area contributed by atoms with Gasteiger partial charge >= 0.3 is 0 Å². The quantitative estimate of drug-likeness (QED) is 0.718. The number of methoxy groups -OCH3 is 1. The summed E-state index contributed by atoms with van der Waals surface area (Å²) in [4.78, 5) is 27.8. The molecule has 7 nitrogen and oxygen atoms in total. The number of imidazole rings is 1. The van der Waals surface area contributed by atoms with E-state index in [1.54, 1.807) is 31.8 Å². The van der Waals surface area contributed by atoms with Crippen molar-refractivity contribution in [1.29, 1.82) is 0 Å². The number of ether oxygens (including phenoxy) is 1. The number of hydrogen-bond acceptors (Lipinski definition) is 4. The van der Waals surface area contributed by atoms with E-state index >= 15 is 0 Å². The number of carbonyl (C=O) groups excluding carboxylic acids is 2. The van der Waals surface area contributed by atoms with Crippen LogP contribution in [0.3, 0.4) is 0 Å². The molecule has 0 aliphatic heterocycles. The number of aromatic nitrogens is 2. The molecule has 1 heterocycles. The summed E-state index contributed by atoms with van der Waals surface area (Å²) in [5.74, 6) is -0.677. The minimum absolute atomic E-state index is 0.222. The molecule has 0 saturated carbocycles. The van der Waals surface area contributed by atoms with Crippen molar-refractivity contribution >= 4 is 17.5 Å². The van der Waals surface area contributed by atoms with E-state index in [9.17, 15) is 9.59 Å². The lowest BCUT2D eigenvalue weighted by Crippen LogP contribution is -2.28. The second-order valence-electron chi connectivity index (χ2n) is 5.44. The molecule has 2 N–H and O–H groups in total. The molecule has 0 aliphatic rings. The van der Waals surface area contributed by atoms with E-state index in [-0.39, 0.29) is 18.2 Å². The fraction of sp³-hybridized carbons (Fsp3) is 0.353. The highest BCUT2D eigenvalue weighted by atomic mass is 16.5. The molecule has 24 heavy (non-hydrogen) atoms. The molecule has 2 aromatic rings. The molecule has 0 fully saturated rings. The molecule has 1 aromatic carbocycles. The number of anilines is 1. The summed E-state index contributed by atoms with van der Waals surface area (Å²) in [5, 5.41) is 5.42. The number of benzene rings is 1. The van der Waals surface area contributed by atoms with Crippen molar-refractivity contribution in [3.05, 3.63) is 48.0 Å². The molecular weight excluding hydrogens is 308 g/mol. The van der Waals surface area contributed by atoms with E-state index in [1.165, 1.54) is 0 Å². The maximum absolute atomic E-state index is 11.9. The SMILES string of the molecule is COCCn1cncc1CNC(=O)CC(=O)Nc1ccc(C)cc1. The van der Waals surface area contributed by atoms with Crippen LogP contribution in [0, 0.1) is 6.92 Å². The van der Waals surface area contributed by atoms with Crippen molar-refractivity contribution in [2.75, 3.05) is 19.0 Å². The molecule has 7 heteroatoms. The zero-order valence-corrected chi connectivity index (χ0v) is 13.9. The second-order valence-corrected chi connectivity index (χ2v) is 5.44. The number of nitrogens with zero attached hydrogens (tertiary/aromatic N) is 2. The Kier molecular flexibility index (Phi) is 6.51. The van der Waals surface area contributed by atoms with Crippen molar-refractivity contribution < 1.29 is 14.3 Å². The zero-order chi connectivity index (χ0) is 17.4. The maximum atomic E-state index is 11.9. The highest BCUT2D eigenvalue weighted by Crippen LogP contribution is 2.08. The first-order valence-corrected chi connectivity index (χ1v) is 7.69. The smallest absolute Gasteiger partial charge is 0.233 e. The molecule has 1 aromatic heterocycles. The Labute approximate surface area is 141 Å². The number of hydrogen-bond donors (Lipinski definition) is 2. The lowest BCUT2D eigenvalue weighted by atomic mass is 10.2. The van der Waals surface area contributed by atoms with Gasteiger partial charge in [0.1, 0.15) is 6.42 Å². The number of amides is 2. The van der Waals surface area contributed by atoms with Crippen LogP contribution in [-0.2, 0) is 27.4 Å². The molecule has 0 aliphatic carbocycles. The Morgan fingerprint density at radius 3 is 2.67 bits per heavy atom. The van der Waals surface area contributed by atoms with E-state index in [1.807, 2.05) is 23.6 Å². The molecule has 0 unspecified atom stereocenters. The van der Waals surface area contributed by atoms with Gasteiger partial charge in [-0.25, -0.2) is 4.98 Å². The molecular formula is C17H22N4O3. The molecule has 2 rings (SSSR count). The number of rotatable bonds is 8. The maximum Gasteiger partial charge on any atom is 0.233 e. The topological polar surface area (TPSA) is 85.2 Å². The summed E-state index contributed by atoms with van der Waals surface area (Å²) in [6, 6.07) is 7.41. The first-order valence-electron chi connectivity index (χ1n) is 7.69. The summed E-state index contributed by atoms with van der Waals surface area (Å²) < 4.78 is 6.92. The molecule has 128 valence electrons. The predicted molar refractivity (Wildman–Crippen MR) is 90.4 cm³/mol. The van der Waals surface area contributed by atoms with Crippen LogP contribution in [-0.4, -0.2) is 35.1 Å². The van der Waals surface area contributed by atoms with Crippen LogP contribution in [0.15, 0.2) is 36.8 Å². The Morgan fingerprint density at radius 1 is 1.21 bits per heavy atom. The van der Waals surface area contributed by atoms with Crippen LogP contribution in [0.4, 0.5) is 5.69 Å². The summed E-state index contributed by atoms with van der Waals surface area (Å²) in [6.07, 6.45) is 3.15. The Hall–Kier alpha value is -2.67. The van der Waals surface area contributed by atoms with Crippen LogP contribution in [0.5, 0.6) is 0 Å². The standard InChI is InChI=1S/C17H22N4O3/c1-13-3-5-14(6-4-13)20-17(23)9-16(22)19-11-15-10-18-12-21(15)7-8-24-2/h3-6,10,12H,7-9,11H2,1-2H3,(H,19,22)(H,20,23). The van der Waals surface area contributed by atoms with Gasteiger partial charge in [-0.15, -0.1) is 0 Å². The van der Waals surface area contributed by atoms with Crippen molar-refractivity contribution in [1.82, 2.24) is 14.9 Å². The summed E-state index contributed by atoms with van der Waals surface area (Å²) >= 11 is 0. The summed E-state index contributed by atoms with van der Waals surface area (Å²) in [6.45, 7) is 3.52. The summed E-state index contributed by atoms with van der Waals surface area (Å²) in [7, 11) is 1.63. The highest BCUT2D eigenvalue weighted by Gasteiger charge is 2.10. The third-order valence-electron chi connectivity index (χ3n) is 3.46. The Morgan fingerprint density at radius 2 is 1.96 bits per heavy atom. The van der Waals surface area contributed by atoms with Gasteiger partial charge in [0.2, 0.25) is 11.8 Å². The van der Waals surface area contributed by atoms with Gasteiger partial charge in [-0.1, -0.05) is 17.7 Å². The molecule has 0 radical (unpaired) electrons. The second kappa shape index (κ2) is 8.83. The van der Waals surface area contributed by atoms with Gasteiger partial charge in [-0.2, -0.15) is 0 Å². The Balaban J connectivity index is 1.77. The third kappa shape index (κ3) is 5.51. The molecule has 0 spiro atoms. The minimum Gasteiger partial charge on any atom is -0.383 e. The average molecular weight is 330 g/mol. The molecule has 0 bridgehead atoms. The van der Waals surface area contributed by atoms with Gasteiger partial charge in [-0.3, -0.25) is 9.59 Å². The first-order chi connectivity index (χ1) is 11.6. The zero-order valence-electron chi connectivity index (χ0n) is 13.9. The van der Waals surface area contributed by atoms with E-state index in [2.05, 4.69) is 15.6 Å². The van der Waals surface area contributed by atoms with Gasteiger partial charge in [0, 0.05) is 25.5 Å². The number of aryl methyl sites for hydroxylation is 1. The van der Waals surface area contributed by atoms with E-state index in [4.69, 9.17) is 4.74 Å². The molecule has 0 saturated heterocycles. The van der Waals surface area contributed by atoms with Crippen molar-refractivity contribution in [2.45, 2.75) is 26.4 Å². The van der Waals surface area contributed by atoms with Crippen molar-refractivity contribution in [3.8, 4) is 0 Å². The fourth-order valence-corrected chi connectivity index (χ4v) is 2.13. The van der Waals surface area contributed by atoms with Crippen LogP contribution < -0.4 is 10.6 Å². The molecule has 0 atom stereocenters. The predicted octanol–water partition coefficient (Wildman–Crippen LogP) is 1.48. The first kappa shape index (κ1) is 17.7. The monoisotopic (exact) mass is 330 g/mol. The van der Waals surface area contributed by atoms with E-state index < -0.39 is 0 Å². The van der Waals surface area contributed by atoms with Crippen LogP contribution in [0.25, 0.3) is 0 Å². The minimum atomic E-state index is -0.343. The van der Waals surface area contributed by atoms with E-state index in [0.717, 1.165) is 11.3 Å². The Bertz CT molecular complexity index is 679. The van der Waals surface area contributed by atoms with Crippen LogP contribution in [0.1, 0.15) is 17.7 Å². The number of nitrogens with one attached hydrogen (secondary N) is 2. The lowest BCUT2D eigenvalue weighted by Gasteiger charge is -2.09.